The molecule has 154 valence electrons. The number of hydrogen-bond acceptors (Lipinski definition) is 4. The van der Waals surface area contributed by atoms with Crippen LogP contribution >= 0.6 is 12.2 Å². The van der Waals surface area contributed by atoms with Crippen molar-refractivity contribution < 1.29 is 13.2 Å². The van der Waals surface area contributed by atoms with Crippen LogP contribution < -0.4 is 16.1 Å². The number of alkyl halides is 3. The summed E-state index contributed by atoms with van der Waals surface area (Å²) in [7, 11) is 0. The number of thiocarbonyl (C=S) groups is 1. The molecule has 0 aromatic heterocycles. The van der Waals surface area contributed by atoms with E-state index in [9.17, 15) is 13.2 Å². The zero-order chi connectivity index (χ0) is 20.1. The fraction of sp³-hybridized carbons (Fsp3) is 0.579. The van der Waals surface area contributed by atoms with Gasteiger partial charge in [-0.15, -0.1) is 0 Å². The maximum Gasteiger partial charge on any atom is 0.418 e. The van der Waals surface area contributed by atoms with E-state index in [0.717, 1.165) is 19.2 Å². The smallest absolute Gasteiger partial charge is 0.375 e. The molecule has 1 aromatic rings. The molecular weight excluding hydrogens is 387 g/mol. The topological polar surface area (TPSA) is 56.9 Å². The molecule has 1 aliphatic heterocycles. The van der Waals surface area contributed by atoms with Gasteiger partial charge in [0.25, 0.3) is 0 Å². The van der Waals surface area contributed by atoms with E-state index in [0.29, 0.717) is 24.7 Å². The Bertz CT molecular complexity index is 708. The number of halogens is 3. The molecule has 28 heavy (non-hydrogen) atoms. The lowest BCUT2D eigenvalue weighted by Gasteiger charge is -2.42. The molecule has 0 amide bonds. The first-order valence-corrected chi connectivity index (χ1v) is 10.0. The summed E-state index contributed by atoms with van der Waals surface area (Å²) in [5.74, 6) is 0. The fourth-order valence-electron chi connectivity index (χ4n) is 4.08. The van der Waals surface area contributed by atoms with Gasteiger partial charge >= 0.3 is 6.18 Å². The Labute approximate surface area is 168 Å². The zero-order valence-electron chi connectivity index (χ0n) is 15.7. The fourth-order valence-corrected chi connectivity index (χ4v) is 4.13. The Balaban J connectivity index is 1.72. The van der Waals surface area contributed by atoms with E-state index >= 15 is 0 Å². The highest BCUT2D eigenvalue weighted by Gasteiger charge is 2.36. The molecule has 5 nitrogen and oxygen atoms in total. The van der Waals surface area contributed by atoms with Crippen molar-refractivity contribution >= 4 is 29.2 Å². The monoisotopic (exact) mass is 413 g/mol. The van der Waals surface area contributed by atoms with Gasteiger partial charge in [-0.05, 0) is 42.8 Å². The van der Waals surface area contributed by atoms with Crippen LogP contribution in [0.2, 0.25) is 0 Å². The third kappa shape index (κ3) is 5.35. The SMILES string of the molecule is NC(=S)N/N=C/c1ccc(N2CCN(C3CCCCC3)CC2)c(C(F)(F)F)c1. The number of piperazine rings is 1. The van der Waals surface area contributed by atoms with E-state index in [1.165, 1.54) is 44.4 Å². The molecule has 0 unspecified atom stereocenters. The summed E-state index contributed by atoms with van der Waals surface area (Å²) in [6, 6.07) is 4.87. The largest absolute Gasteiger partial charge is 0.418 e. The average Bonchev–Trinajstić information content (AvgIpc) is 2.68. The lowest BCUT2D eigenvalue weighted by atomic mass is 9.93. The molecule has 1 aliphatic carbocycles. The Morgan fingerprint density at radius 2 is 1.82 bits per heavy atom. The molecule has 3 N–H and O–H groups in total. The first-order chi connectivity index (χ1) is 13.3. The van der Waals surface area contributed by atoms with Crippen molar-refractivity contribution in [3.05, 3.63) is 29.3 Å². The van der Waals surface area contributed by atoms with Crippen molar-refractivity contribution in [3.8, 4) is 0 Å². The minimum Gasteiger partial charge on any atom is -0.375 e. The minimum absolute atomic E-state index is 0.0419. The maximum atomic E-state index is 13.7. The lowest BCUT2D eigenvalue weighted by molar-refractivity contribution is -0.137. The van der Waals surface area contributed by atoms with Gasteiger partial charge in [-0.1, -0.05) is 25.3 Å². The van der Waals surface area contributed by atoms with Crippen LogP contribution in [0.15, 0.2) is 23.3 Å². The summed E-state index contributed by atoms with van der Waals surface area (Å²) in [5, 5.41) is 3.70. The van der Waals surface area contributed by atoms with Gasteiger partial charge in [0, 0.05) is 37.9 Å². The summed E-state index contributed by atoms with van der Waals surface area (Å²) in [5.41, 5.74) is 7.53. The average molecular weight is 414 g/mol. The van der Waals surface area contributed by atoms with E-state index in [1.807, 2.05) is 4.90 Å². The van der Waals surface area contributed by atoms with Crippen molar-refractivity contribution in [3.63, 3.8) is 0 Å². The van der Waals surface area contributed by atoms with Crippen molar-refractivity contribution in [1.29, 1.82) is 0 Å². The molecule has 0 radical (unpaired) electrons. The molecule has 0 spiro atoms. The number of hydrogen-bond donors (Lipinski definition) is 2. The van der Waals surface area contributed by atoms with Crippen LogP contribution in [-0.2, 0) is 6.18 Å². The molecular formula is C19H26F3N5S. The van der Waals surface area contributed by atoms with Crippen LogP contribution in [0.4, 0.5) is 18.9 Å². The second kappa shape index (κ2) is 9.09. The number of nitrogens with zero attached hydrogens (tertiary/aromatic N) is 3. The standard InChI is InChI=1S/C19H26F3N5S/c20-19(21,22)16-12-14(13-24-25-18(23)28)6-7-17(16)27-10-8-26(9-11-27)15-4-2-1-3-5-15/h6-7,12-13,15H,1-5,8-11H2,(H3,23,25,28)/b24-13+. The van der Waals surface area contributed by atoms with Crippen LogP contribution in [0.3, 0.4) is 0 Å². The van der Waals surface area contributed by atoms with Crippen LogP contribution in [0.25, 0.3) is 0 Å². The molecule has 2 aliphatic rings. The molecule has 1 saturated carbocycles. The Hall–Kier alpha value is -1.87. The van der Waals surface area contributed by atoms with E-state index in [-0.39, 0.29) is 10.8 Å². The summed E-state index contributed by atoms with van der Waals surface area (Å²) < 4.78 is 41.0. The van der Waals surface area contributed by atoms with Crippen molar-refractivity contribution in [2.45, 2.75) is 44.3 Å². The van der Waals surface area contributed by atoms with E-state index in [4.69, 9.17) is 5.73 Å². The van der Waals surface area contributed by atoms with Gasteiger partial charge in [0.1, 0.15) is 0 Å². The first kappa shape index (κ1) is 20.9. The summed E-state index contributed by atoms with van der Waals surface area (Å²) >= 11 is 4.62. The molecule has 1 heterocycles. The van der Waals surface area contributed by atoms with Crippen molar-refractivity contribution in [1.82, 2.24) is 10.3 Å². The quantitative estimate of drug-likeness (QED) is 0.451. The highest BCUT2D eigenvalue weighted by atomic mass is 32.1. The van der Waals surface area contributed by atoms with Crippen molar-refractivity contribution in [2.75, 3.05) is 31.1 Å². The van der Waals surface area contributed by atoms with Crippen LogP contribution in [-0.4, -0.2) is 48.4 Å². The Morgan fingerprint density at radius 3 is 2.43 bits per heavy atom. The van der Waals surface area contributed by atoms with Gasteiger partial charge in [-0.3, -0.25) is 10.3 Å². The molecule has 2 fully saturated rings. The Morgan fingerprint density at radius 1 is 1.14 bits per heavy atom. The van der Waals surface area contributed by atoms with Crippen LogP contribution in [0.5, 0.6) is 0 Å². The first-order valence-electron chi connectivity index (χ1n) is 9.63. The minimum atomic E-state index is -4.43. The second-order valence-corrected chi connectivity index (χ2v) is 7.76. The van der Waals surface area contributed by atoms with E-state index < -0.39 is 11.7 Å². The van der Waals surface area contributed by atoms with E-state index in [2.05, 4.69) is 27.6 Å². The van der Waals surface area contributed by atoms with Gasteiger partial charge in [0.15, 0.2) is 5.11 Å². The number of rotatable bonds is 4. The Kier molecular flexibility index (Phi) is 6.77. The molecule has 3 rings (SSSR count). The van der Waals surface area contributed by atoms with E-state index in [1.54, 1.807) is 6.07 Å². The third-order valence-electron chi connectivity index (χ3n) is 5.46. The normalized spacial score (nSPS) is 19.9. The predicted octanol–water partition coefficient (Wildman–Crippen LogP) is 3.33. The number of benzene rings is 1. The highest BCUT2D eigenvalue weighted by Crippen LogP contribution is 2.37. The summed E-state index contributed by atoms with van der Waals surface area (Å²) in [6.07, 6.45) is 3.08. The van der Waals surface area contributed by atoms with Crippen LogP contribution in [0.1, 0.15) is 43.2 Å². The van der Waals surface area contributed by atoms with Gasteiger partial charge in [0.2, 0.25) is 0 Å². The third-order valence-corrected chi connectivity index (χ3v) is 5.55. The maximum absolute atomic E-state index is 13.7. The van der Waals surface area contributed by atoms with Gasteiger partial charge < -0.3 is 10.6 Å². The second-order valence-electron chi connectivity index (χ2n) is 7.32. The zero-order valence-corrected chi connectivity index (χ0v) is 16.5. The molecule has 0 atom stereocenters. The number of anilines is 1. The molecule has 1 aromatic carbocycles. The molecule has 9 heteroatoms. The van der Waals surface area contributed by atoms with Gasteiger partial charge in [-0.2, -0.15) is 18.3 Å². The highest BCUT2D eigenvalue weighted by molar-refractivity contribution is 7.80. The number of hydrazone groups is 1. The lowest BCUT2D eigenvalue weighted by Crippen LogP contribution is -2.51. The van der Waals surface area contributed by atoms with Gasteiger partial charge in [-0.25, -0.2) is 0 Å². The number of nitrogens with two attached hydrogens (primary N) is 1. The van der Waals surface area contributed by atoms with Crippen molar-refractivity contribution in [2.24, 2.45) is 10.8 Å². The summed E-state index contributed by atoms with van der Waals surface area (Å²) in [4.78, 5) is 4.29. The number of nitrogens with one attached hydrogen (secondary N) is 1. The molecule has 1 saturated heterocycles. The predicted molar refractivity (Wildman–Crippen MR) is 110 cm³/mol. The summed E-state index contributed by atoms with van der Waals surface area (Å²) in [6.45, 7) is 2.83. The van der Waals surface area contributed by atoms with Gasteiger partial charge in [0.05, 0.1) is 11.8 Å². The molecule has 0 bridgehead atoms. The van der Waals surface area contributed by atoms with Crippen LogP contribution in [0, 0.1) is 0 Å².